The Labute approximate surface area is 121 Å². The lowest BCUT2D eigenvalue weighted by Gasteiger charge is -2.32. The molecule has 1 saturated heterocycles. The minimum atomic E-state index is -0.416. The predicted molar refractivity (Wildman–Crippen MR) is 80.3 cm³/mol. The molecule has 0 unspecified atom stereocenters. The summed E-state index contributed by atoms with van der Waals surface area (Å²) < 4.78 is 17.6. The highest BCUT2D eigenvalue weighted by atomic mass is 16.7. The van der Waals surface area contributed by atoms with E-state index in [1.165, 1.54) is 0 Å². The zero-order chi connectivity index (χ0) is 15.0. The van der Waals surface area contributed by atoms with E-state index >= 15 is 0 Å². The van der Waals surface area contributed by atoms with Gasteiger partial charge in [0.05, 0.1) is 17.4 Å². The first kappa shape index (κ1) is 15.1. The highest BCUT2D eigenvalue weighted by molar-refractivity contribution is 6.62. The molecular weight excluding hydrogens is 253 g/mol. The first-order valence-electron chi connectivity index (χ1n) is 6.79. The van der Waals surface area contributed by atoms with Crippen LogP contribution in [0.15, 0.2) is 30.6 Å². The molecule has 1 aromatic heterocycles. The number of pyridine rings is 1. The fourth-order valence-electron chi connectivity index (χ4n) is 1.83. The van der Waals surface area contributed by atoms with Gasteiger partial charge in [-0.05, 0) is 46.3 Å². The molecule has 2 heterocycles. The summed E-state index contributed by atoms with van der Waals surface area (Å²) in [5, 5.41) is 0. The van der Waals surface area contributed by atoms with Crippen LogP contribution in [0.1, 0.15) is 34.6 Å². The third-order valence-corrected chi connectivity index (χ3v) is 3.74. The van der Waals surface area contributed by atoms with Crippen LogP contribution in [0.2, 0.25) is 0 Å². The largest absolute Gasteiger partial charge is 0.496 e. The van der Waals surface area contributed by atoms with Crippen LogP contribution < -0.4 is 10.2 Å². The summed E-state index contributed by atoms with van der Waals surface area (Å²) in [7, 11) is -0.416. The fourth-order valence-corrected chi connectivity index (χ4v) is 1.83. The number of aromatic nitrogens is 1. The molecule has 0 aromatic carbocycles. The average molecular weight is 275 g/mol. The smallest absolute Gasteiger partial charge is 0.488 e. The predicted octanol–water partition coefficient (Wildman–Crippen LogP) is 2.34. The highest BCUT2D eigenvalue weighted by Gasteiger charge is 2.51. The second-order valence-electron chi connectivity index (χ2n) is 6.29. The molecule has 0 spiro atoms. The normalized spacial score (nSPS) is 19.9. The van der Waals surface area contributed by atoms with E-state index in [1.54, 1.807) is 12.4 Å². The molecule has 0 radical (unpaired) electrons. The van der Waals surface area contributed by atoms with Gasteiger partial charge >= 0.3 is 7.12 Å². The van der Waals surface area contributed by atoms with Gasteiger partial charge in [0.1, 0.15) is 12.4 Å². The van der Waals surface area contributed by atoms with Crippen LogP contribution in [0, 0.1) is 0 Å². The molecule has 1 aliphatic rings. The summed E-state index contributed by atoms with van der Waals surface area (Å²) in [6.07, 6.45) is 3.42. The standard InChI is InChI=1S/C15H22BNO3/c1-11(2)10-18-13-7-12(8-17-9-13)16-19-14(3,4)15(5,6)20-16/h7-9H,1,10H2,2-6H3. The van der Waals surface area contributed by atoms with E-state index in [4.69, 9.17) is 14.0 Å². The molecule has 1 aromatic rings. The van der Waals surface area contributed by atoms with Gasteiger partial charge in [-0.2, -0.15) is 0 Å². The fraction of sp³-hybridized carbons (Fsp3) is 0.533. The molecule has 108 valence electrons. The van der Waals surface area contributed by atoms with E-state index < -0.39 is 7.12 Å². The third-order valence-electron chi connectivity index (χ3n) is 3.74. The van der Waals surface area contributed by atoms with Crippen molar-refractivity contribution in [2.45, 2.75) is 45.8 Å². The third kappa shape index (κ3) is 3.05. The van der Waals surface area contributed by atoms with Crippen molar-refractivity contribution in [2.24, 2.45) is 0 Å². The van der Waals surface area contributed by atoms with E-state index in [0.29, 0.717) is 12.4 Å². The van der Waals surface area contributed by atoms with Gasteiger partial charge in [0.2, 0.25) is 0 Å². The Balaban J connectivity index is 2.14. The van der Waals surface area contributed by atoms with Gasteiger partial charge in [-0.15, -0.1) is 0 Å². The molecule has 0 saturated carbocycles. The van der Waals surface area contributed by atoms with E-state index in [1.807, 2.05) is 40.7 Å². The quantitative estimate of drug-likeness (QED) is 0.624. The van der Waals surface area contributed by atoms with Gasteiger partial charge in [-0.25, -0.2) is 0 Å². The molecule has 0 N–H and O–H groups in total. The lowest BCUT2D eigenvalue weighted by Crippen LogP contribution is -2.41. The van der Waals surface area contributed by atoms with Crippen LogP contribution in [0.4, 0.5) is 0 Å². The minimum absolute atomic E-state index is 0.355. The van der Waals surface area contributed by atoms with Crippen LogP contribution in [0.5, 0.6) is 5.75 Å². The number of ether oxygens (including phenoxy) is 1. The Kier molecular flexibility index (Phi) is 3.94. The van der Waals surface area contributed by atoms with E-state index in [9.17, 15) is 0 Å². The summed E-state index contributed by atoms with van der Waals surface area (Å²) in [5.41, 5.74) is 1.12. The molecule has 0 bridgehead atoms. The monoisotopic (exact) mass is 275 g/mol. The average Bonchev–Trinajstić information content (AvgIpc) is 2.56. The van der Waals surface area contributed by atoms with Crippen molar-refractivity contribution in [3.63, 3.8) is 0 Å². The lowest BCUT2D eigenvalue weighted by atomic mass is 9.80. The summed E-state index contributed by atoms with van der Waals surface area (Å²) in [6.45, 7) is 14.3. The molecular formula is C15H22BNO3. The van der Waals surface area contributed by atoms with E-state index in [-0.39, 0.29) is 11.2 Å². The SMILES string of the molecule is C=C(C)COc1cncc(B2OC(C)(C)C(C)(C)O2)c1. The Morgan fingerprint density at radius 2 is 1.85 bits per heavy atom. The van der Waals surface area contributed by atoms with Gasteiger partial charge in [-0.1, -0.05) is 6.58 Å². The van der Waals surface area contributed by atoms with Crippen molar-refractivity contribution in [3.05, 3.63) is 30.6 Å². The molecule has 0 atom stereocenters. The number of hydrogen-bond acceptors (Lipinski definition) is 4. The first-order valence-corrected chi connectivity index (χ1v) is 6.79. The highest BCUT2D eigenvalue weighted by Crippen LogP contribution is 2.36. The maximum absolute atomic E-state index is 6.00. The van der Waals surface area contributed by atoms with Crippen LogP contribution >= 0.6 is 0 Å². The van der Waals surface area contributed by atoms with E-state index in [2.05, 4.69) is 11.6 Å². The Morgan fingerprint density at radius 1 is 1.25 bits per heavy atom. The molecule has 4 nitrogen and oxygen atoms in total. The summed E-state index contributed by atoms with van der Waals surface area (Å²) in [6, 6.07) is 1.90. The summed E-state index contributed by atoms with van der Waals surface area (Å²) >= 11 is 0. The Bertz CT molecular complexity index is 498. The van der Waals surface area contributed by atoms with Crippen LogP contribution in [0.25, 0.3) is 0 Å². The number of nitrogens with zero attached hydrogens (tertiary/aromatic N) is 1. The maximum Gasteiger partial charge on any atom is 0.496 e. The minimum Gasteiger partial charge on any atom is -0.488 e. The zero-order valence-corrected chi connectivity index (χ0v) is 12.9. The van der Waals surface area contributed by atoms with Crippen molar-refractivity contribution < 1.29 is 14.0 Å². The molecule has 1 fully saturated rings. The molecule has 0 amide bonds. The zero-order valence-electron chi connectivity index (χ0n) is 12.9. The van der Waals surface area contributed by atoms with Crippen LogP contribution in [-0.2, 0) is 9.31 Å². The first-order chi connectivity index (χ1) is 9.21. The summed E-state index contributed by atoms with van der Waals surface area (Å²) in [4.78, 5) is 4.19. The molecule has 1 aliphatic heterocycles. The van der Waals surface area contributed by atoms with Crippen molar-refractivity contribution in [1.29, 1.82) is 0 Å². The molecule has 2 rings (SSSR count). The van der Waals surface area contributed by atoms with Crippen molar-refractivity contribution in [2.75, 3.05) is 6.61 Å². The molecule has 0 aliphatic carbocycles. The van der Waals surface area contributed by atoms with Gasteiger partial charge in [-0.3, -0.25) is 4.98 Å². The maximum atomic E-state index is 6.00. The van der Waals surface area contributed by atoms with Crippen LogP contribution in [-0.4, -0.2) is 29.9 Å². The Morgan fingerprint density at radius 3 is 2.40 bits per heavy atom. The topological polar surface area (TPSA) is 40.6 Å². The Hall–Kier alpha value is -1.33. The number of rotatable bonds is 4. The molecule has 20 heavy (non-hydrogen) atoms. The molecule has 5 heteroatoms. The van der Waals surface area contributed by atoms with Crippen molar-refractivity contribution in [1.82, 2.24) is 4.98 Å². The van der Waals surface area contributed by atoms with Gasteiger partial charge in [0.15, 0.2) is 0 Å². The van der Waals surface area contributed by atoms with Gasteiger partial charge < -0.3 is 14.0 Å². The van der Waals surface area contributed by atoms with Crippen molar-refractivity contribution in [3.8, 4) is 5.75 Å². The second kappa shape index (κ2) is 5.22. The van der Waals surface area contributed by atoms with Crippen molar-refractivity contribution >= 4 is 12.6 Å². The summed E-state index contributed by atoms with van der Waals surface area (Å²) in [5.74, 6) is 0.695. The van der Waals surface area contributed by atoms with Crippen LogP contribution in [0.3, 0.4) is 0 Å². The second-order valence-corrected chi connectivity index (χ2v) is 6.29. The van der Waals surface area contributed by atoms with Gasteiger partial charge in [0.25, 0.3) is 0 Å². The number of hydrogen-bond donors (Lipinski definition) is 0. The van der Waals surface area contributed by atoms with E-state index in [0.717, 1.165) is 11.0 Å². The van der Waals surface area contributed by atoms with Gasteiger partial charge in [0, 0.05) is 11.7 Å². The lowest BCUT2D eigenvalue weighted by molar-refractivity contribution is 0.00578.